The third kappa shape index (κ3) is 3.59. The van der Waals surface area contributed by atoms with Crippen LogP contribution in [0.15, 0.2) is 15.2 Å². The second-order valence-corrected chi connectivity index (χ2v) is 6.29. The van der Waals surface area contributed by atoms with Gasteiger partial charge in [0.25, 0.3) is 5.91 Å². The first-order valence-electron chi connectivity index (χ1n) is 5.61. The second-order valence-electron chi connectivity index (χ2n) is 4.00. The molecule has 1 aromatic heterocycles. The Kier molecular flexibility index (Phi) is 5.49. The van der Waals surface area contributed by atoms with Crippen LogP contribution in [0.2, 0.25) is 0 Å². The summed E-state index contributed by atoms with van der Waals surface area (Å²) in [4.78, 5) is 14.1. The smallest absolute Gasteiger partial charge is 0.254 e. The molecule has 0 aliphatic rings. The van der Waals surface area contributed by atoms with E-state index < -0.39 is 0 Å². The van der Waals surface area contributed by atoms with E-state index in [0.29, 0.717) is 5.92 Å². The maximum absolute atomic E-state index is 12.2. The lowest BCUT2D eigenvalue weighted by atomic mass is 10.1. The van der Waals surface area contributed by atoms with Crippen LogP contribution in [0.1, 0.15) is 37.6 Å². The van der Waals surface area contributed by atoms with Gasteiger partial charge in [0.2, 0.25) is 0 Å². The zero-order valence-electron chi connectivity index (χ0n) is 10.00. The van der Waals surface area contributed by atoms with Crippen LogP contribution in [0.4, 0.5) is 0 Å². The summed E-state index contributed by atoms with van der Waals surface area (Å²) in [7, 11) is 0. The predicted octanol–water partition coefficient (Wildman–Crippen LogP) is 4.02. The first-order valence-corrected chi connectivity index (χ1v) is 7.29. The van der Waals surface area contributed by atoms with Crippen LogP contribution in [0.25, 0.3) is 0 Å². The maximum atomic E-state index is 12.2. The molecule has 1 aromatic rings. The highest BCUT2D eigenvalue weighted by atomic mass is 79.9. The Hall–Kier alpha value is -0.350. The minimum absolute atomic E-state index is 0.143. The minimum Gasteiger partial charge on any atom is -0.339 e. The van der Waals surface area contributed by atoms with Gasteiger partial charge in [-0.15, -0.1) is 11.3 Å². The molecule has 0 aliphatic carbocycles. The SMILES string of the molecule is CCC(C)CN(CC)C(=O)c1csc(Br)c1. The Morgan fingerprint density at radius 1 is 1.56 bits per heavy atom. The Bertz CT molecular complexity index is 351. The number of halogens is 1. The largest absolute Gasteiger partial charge is 0.339 e. The van der Waals surface area contributed by atoms with Crippen molar-refractivity contribution in [1.82, 2.24) is 4.90 Å². The van der Waals surface area contributed by atoms with Gasteiger partial charge in [-0.3, -0.25) is 4.79 Å². The fourth-order valence-electron chi connectivity index (χ4n) is 1.47. The Morgan fingerprint density at radius 2 is 2.25 bits per heavy atom. The van der Waals surface area contributed by atoms with Gasteiger partial charge >= 0.3 is 0 Å². The third-order valence-corrected chi connectivity index (χ3v) is 4.22. The third-order valence-electron chi connectivity index (χ3n) is 2.71. The summed E-state index contributed by atoms with van der Waals surface area (Å²) in [5.41, 5.74) is 0.794. The van der Waals surface area contributed by atoms with Crippen molar-refractivity contribution in [3.63, 3.8) is 0 Å². The number of carbonyl (C=O) groups is 1. The summed E-state index contributed by atoms with van der Waals surface area (Å²) in [6.45, 7) is 7.99. The van der Waals surface area contributed by atoms with Crippen molar-refractivity contribution in [3.8, 4) is 0 Å². The molecule has 16 heavy (non-hydrogen) atoms. The molecular formula is C12H18BrNOS. The highest BCUT2D eigenvalue weighted by molar-refractivity contribution is 9.11. The number of rotatable bonds is 5. The van der Waals surface area contributed by atoms with Crippen molar-refractivity contribution in [3.05, 3.63) is 20.8 Å². The van der Waals surface area contributed by atoms with Gasteiger partial charge in [-0.2, -0.15) is 0 Å². The number of hydrogen-bond acceptors (Lipinski definition) is 2. The van der Waals surface area contributed by atoms with Gasteiger partial charge in [-0.25, -0.2) is 0 Å². The maximum Gasteiger partial charge on any atom is 0.254 e. The van der Waals surface area contributed by atoms with E-state index in [0.717, 1.165) is 28.9 Å². The van der Waals surface area contributed by atoms with E-state index in [1.807, 2.05) is 23.3 Å². The first-order chi connectivity index (χ1) is 7.58. The molecule has 90 valence electrons. The molecule has 1 amide bonds. The van der Waals surface area contributed by atoms with Crippen LogP contribution in [-0.4, -0.2) is 23.9 Å². The first kappa shape index (κ1) is 13.7. The van der Waals surface area contributed by atoms with E-state index in [2.05, 4.69) is 29.8 Å². The summed E-state index contributed by atoms with van der Waals surface area (Å²) in [6.07, 6.45) is 1.11. The van der Waals surface area contributed by atoms with Crippen molar-refractivity contribution in [2.45, 2.75) is 27.2 Å². The Labute approximate surface area is 110 Å². The molecule has 0 saturated carbocycles. The summed E-state index contributed by atoms with van der Waals surface area (Å²) >= 11 is 4.94. The van der Waals surface area contributed by atoms with Gasteiger partial charge < -0.3 is 4.90 Å². The average Bonchev–Trinajstić information content (AvgIpc) is 2.71. The lowest BCUT2D eigenvalue weighted by molar-refractivity contribution is 0.0741. The van der Waals surface area contributed by atoms with Crippen LogP contribution in [0.3, 0.4) is 0 Å². The fraction of sp³-hybridized carbons (Fsp3) is 0.583. The van der Waals surface area contributed by atoms with E-state index in [-0.39, 0.29) is 5.91 Å². The summed E-state index contributed by atoms with van der Waals surface area (Å²) in [5, 5.41) is 1.91. The zero-order chi connectivity index (χ0) is 12.1. The van der Waals surface area contributed by atoms with E-state index in [9.17, 15) is 4.79 Å². The van der Waals surface area contributed by atoms with Crippen LogP contribution in [0, 0.1) is 5.92 Å². The highest BCUT2D eigenvalue weighted by Crippen LogP contribution is 2.22. The minimum atomic E-state index is 0.143. The quantitative estimate of drug-likeness (QED) is 0.804. The molecule has 0 saturated heterocycles. The van der Waals surface area contributed by atoms with E-state index in [1.54, 1.807) is 11.3 Å². The molecule has 1 rings (SSSR count). The molecule has 0 bridgehead atoms. The van der Waals surface area contributed by atoms with Crippen LogP contribution in [-0.2, 0) is 0 Å². The molecule has 0 fully saturated rings. The zero-order valence-corrected chi connectivity index (χ0v) is 12.4. The molecule has 0 N–H and O–H groups in total. The second kappa shape index (κ2) is 6.40. The van der Waals surface area contributed by atoms with E-state index in [1.165, 1.54) is 0 Å². The van der Waals surface area contributed by atoms with Crippen molar-refractivity contribution in [1.29, 1.82) is 0 Å². The topological polar surface area (TPSA) is 20.3 Å². The van der Waals surface area contributed by atoms with E-state index in [4.69, 9.17) is 0 Å². The van der Waals surface area contributed by atoms with Crippen LogP contribution < -0.4 is 0 Å². The number of carbonyl (C=O) groups excluding carboxylic acids is 1. The molecule has 1 unspecified atom stereocenters. The summed E-state index contributed by atoms with van der Waals surface area (Å²) < 4.78 is 1.01. The fourth-order valence-corrected chi connectivity index (χ4v) is 2.60. The molecule has 0 radical (unpaired) electrons. The molecule has 0 aliphatic heterocycles. The van der Waals surface area contributed by atoms with Gasteiger partial charge in [0, 0.05) is 18.5 Å². The molecule has 1 atom stereocenters. The van der Waals surface area contributed by atoms with E-state index >= 15 is 0 Å². The Morgan fingerprint density at radius 3 is 2.69 bits per heavy atom. The number of thiophene rings is 1. The lowest BCUT2D eigenvalue weighted by Gasteiger charge is -2.23. The monoisotopic (exact) mass is 303 g/mol. The predicted molar refractivity (Wildman–Crippen MR) is 73.1 cm³/mol. The van der Waals surface area contributed by atoms with Gasteiger partial charge in [0.15, 0.2) is 0 Å². The van der Waals surface area contributed by atoms with Crippen LogP contribution >= 0.6 is 27.3 Å². The number of amides is 1. The van der Waals surface area contributed by atoms with Crippen molar-refractivity contribution in [2.75, 3.05) is 13.1 Å². The molecule has 4 heteroatoms. The molecule has 1 heterocycles. The standard InChI is InChI=1S/C12H18BrNOS/c1-4-9(3)7-14(5-2)12(15)10-6-11(13)16-8-10/h6,8-9H,4-5,7H2,1-3H3. The van der Waals surface area contributed by atoms with Gasteiger partial charge in [-0.1, -0.05) is 20.3 Å². The summed E-state index contributed by atoms with van der Waals surface area (Å²) in [5.74, 6) is 0.704. The van der Waals surface area contributed by atoms with Gasteiger partial charge in [-0.05, 0) is 34.8 Å². The van der Waals surface area contributed by atoms with Crippen molar-refractivity contribution < 1.29 is 4.79 Å². The lowest BCUT2D eigenvalue weighted by Crippen LogP contribution is -2.34. The highest BCUT2D eigenvalue weighted by Gasteiger charge is 2.17. The molecule has 0 spiro atoms. The summed E-state index contributed by atoms with van der Waals surface area (Å²) in [6, 6.07) is 1.90. The molecule has 0 aromatic carbocycles. The van der Waals surface area contributed by atoms with Gasteiger partial charge in [0.05, 0.1) is 9.35 Å². The average molecular weight is 304 g/mol. The number of nitrogens with zero attached hydrogens (tertiary/aromatic N) is 1. The normalized spacial score (nSPS) is 12.5. The Balaban J connectivity index is 2.69. The number of hydrogen-bond donors (Lipinski definition) is 0. The van der Waals surface area contributed by atoms with Crippen molar-refractivity contribution >= 4 is 33.2 Å². The van der Waals surface area contributed by atoms with Crippen LogP contribution in [0.5, 0.6) is 0 Å². The van der Waals surface area contributed by atoms with Crippen molar-refractivity contribution in [2.24, 2.45) is 5.92 Å². The molecule has 2 nitrogen and oxygen atoms in total. The van der Waals surface area contributed by atoms with Gasteiger partial charge in [0.1, 0.15) is 0 Å². The molecular weight excluding hydrogens is 286 g/mol.